The molecule has 18 heavy (non-hydrogen) atoms. The van der Waals surface area contributed by atoms with Crippen molar-refractivity contribution in [1.29, 1.82) is 0 Å². The fourth-order valence-corrected chi connectivity index (χ4v) is 2.30. The molecular formula is C14H18N2O2. The molecule has 0 radical (unpaired) electrons. The number of anilines is 1. The van der Waals surface area contributed by atoms with E-state index in [9.17, 15) is 9.59 Å². The summed E-state index contributed by atoms with van der Waals surface area (Å²) in [6.07, 6.45) is 1.92. The molecule has 1 saturated heterocycles. The standard InChI is InChI=1S/C14H18N2O2/c1-3-6-11-7-4-5-8-12(11)16-10(2)14(18)15-9-13(16)17/h4-5,7-8,10H,3,6,9H2,1-2H3,(H,15,18). The molecule has 2 rings (SSSR count). The summed E-state index contributed by atoms with van der Waals surface area (Å²) < 4.78 is 0. The highest BCUT2D eigenvalue weighted by atomic mass is 16.2. The summed E-state index contributed by atoms with van der Waals surface area (Å²) in [7, 11) is 0. The Morgan fingerprint density at radius 1 is 1.33 bits per heavy atom. The molecule has 1 atom stereocenters. The highest BCUT2D eigenvalue weighted by molar-refractivity contribution is 6.06. The maximum atomic E-state index is 12.0. The third-order valence-electron chi connectivity index (χ3n) is 3.22. The summed E-state index contributed by atoms with van der Waals surface area (Å²) in [4.78, 5) is 25.3. The lowest BCUT2D eigenvalue weighted by Crippen LogP contribution is -2.57. The average Bonchev–Trinajstić information content (AvgIpc) is 2.37. The highest BCUT2D eigenvalue weighted by Gasteiger charge is 2.32. The molecule has 1 N–H and O–H groups in total. The molecule has 0 saturated carbocycles. The Morgan fingerprint density at radius 3 is 2.78 bits per heavy atom. The fourth-order valence-electron chi connectivity index (χ4n) is 2.30. The van der Waals surface area contributed by atoms with E-state index in [1.807, 2.05) is 24.3 Å². The third kappa shape index (κ3) is 2.23. The maximum absolute atomic E-state index is 12.0. The van der Waals surface area contributed by atoms with Gasteiger partial charge in [0.2, 0.25) is 11.8 Å². The van der Waals surface area contributed by atoms with E-state index in [0.29, 0.717) is 0 Å². The summed E-state index contributed by atoms with van der Waals surface area (Å²) in [5, 5.41) is 2.60. The minimum atomic E-state index is -0.441. The monoisotopic (exact) mass is 246 g/mol. The molecule has 0 spiro atoms. The number of carbonyl (C=O) groups is 2. The van der Waals surface area contributed by atoms with Gasteiger partial charge >= 0.3 is 0 Å². The summed E-state index contributed by atoms with van der Waals surface area (Å²) in [5.41, 5.74) is 1.99. The van der Waals surface area contributed by atoms with Crippen molar-refractivity contribution in [2.45, 2.75) is 32.7 Å². The van der Waals surface area contributed by atoms with Crippen LogP contribution in [0.15, 0.2) is 24.3 Å². The molecule has 1 aliphatic rings. The molecule has 1 aliphatic heterocycles. The van der Waals surface area contributed by atoms with Crippen molar-refractivity contribution in [2.24, 2.45) is 0 Å². The smallest absolute Gasteiger partial charge is 0.247 e. The van der Waals surface area contributed by atoms with Crippen molar-refractivity contribution in [1.82, 2.24) is 5.32 Å². The Kier molecular flexibility index (Phi) is 3.65. The molecule has 1 fully saturated rings. The second-order valence-electron chi connectivity index (χ2n) is 4.54. The van der Waals surface area contributed by atoms with Gasteiger partial charge in [-0.1, -0.05) is 31.5 Å². The number of carbonyl (C=O) groups excluding carboxylic acids is 2. The number of nitrogens with one attached hydrogen (secondary N) is 1. The largest absolute Gasteiger partial charge is 0.345 e. The van der Waals surface area contributed by atoms with Crippen molar-refractivity contribution in [3.63, 3.8) is 0 Å². The predicted molar refractivity (Wildman–Crippen MR) is 70.4 cm³/mol. The number of nitrogens with zero attached hydrogens (tertiary/aromatic N) is 1. The van der Waals surface area contributed by atoms with Gasteiger partial charge in [0.15, 0.2) is 0 Å². The summed E-state index contributed by atoms with van der Waals surface area (Å²) in [6, 6.07) is 7.36. The number of hydrogen-bond acceptors (Lipinski definition) is 2. The molecule has 4 nitrogen and oxygen atoms in total. The van der Waals surface area contributed by atoms with Gasteiger partial charge in [-0.05, 0) is 25.0 Å². The number of benzene rings is 1. The van der Waals surface area contributed by atoms with Crippen LogP contribution >= 0.6 is 0 Å². The highest BCUT2D eigenvalue weighted by Crippen LogP contribution is 2.25. The molecular weight excluding hydrogens is 228 g/mol. The van der Waals surface area contributed by atoms with Crippen molar-refractivity contribution >= 4 is 17.5 Å². The SMILES string of the molecule is CCCc1ccccc1N1C(=O)CNC(=O)C1C. The molecule has 1 aromatic rings. The van der Waals surface area contributed by atoms with Crippen molar-refractivity contribution in [2.75, 3.05) is 11.4 Å². The lowest BCUT2D eigenvalue weighted by atomic mass is 10.0. The zero-order valence-electron chi connectivity index (χ0n) is 10.8. The van der Waals surface area contributed by atoms with Crippen LogP contribution in [0, 0.1) is 0 Å². The first-order valence-electron chi connectivity index (χ1n) is 6.32. The Balaban J connectivity index is 2.39. The number of hydrogen-bond donors (Lipinski definition) is 1. The second-order valence-corrected chi connectivity index (χ2v) is 4.54. The van der Waals surface area contributed by atoms with Gasteiger partial charge in [-0.2, -0.15) is 0 Å². The first-order chi connectivity index (χ1) is 8.65. The summed E-state index contributed by atoms with van der Waals surface area (Å²) >= 11 is 0. The lowest BCUT2D eigenvalue weighted by Gasteiger charge is -2.34. The van der Waals surface area contributed by atoms with Gasteiger partial charge in [0.25, 0.3) is 0 Å². The van der Waals surface area contributed by atoms with Crippen LogP contribution in [0.2, 0.25) is 0 Å². The van der Waals surface area contributed by atoms with Crippen LogP contribution in [-0.4, -0.2) is 24.4 Å². The predicted octanol–water partition coefficient (Wildman–Crippen LogP) is 1.49. The van der Waals surface area contributed by atoms with Crippen LogP contribution in [0.4, 0.5) is 5.69 Å². The van der Waals surface area contributed by atoms with Gasteiger partial charge < -0.3 is 5.32 Å². The van der Waals surface area contributed by atoms with E-state index in [-0.39, 0.29) is 18.4 Å². The van der Waals surface area contributed by atoms with Crippen LogP contribution in [-0.2, 0) is 16.0 Å². The Hall–Kier alpha value is -1.84. The van der Waals surface area contributed by atoms with Crippen LogP contribution in [0.3, 0.4) is 0 Å². The van der Waals surface area contributed by atoms with Gasteiger partial charge in [0, 0.05) is 5.69 Å². The minimum Gasteiger partial charge on any atom is -0.345 e. The lowest BCUT2D eigenvalue weighted by molar-refractivity contribution is -0.130. The van der Waals surface area contributed by atoms with Gasteiger partial charge in [-0.25, -0.2) is 0 Å². The van der Waals surface area contributed by atoms with E-state index < -0.39 is 6.04 Å². The van der Waals surface area contributed by atoms with Gasteiger partial charge in [-0.15, -0.1) is 0 Å². The zero-order chi connectivity index (χ0) is 13.1. The minimum absolute atomic E-state index is 0.0503. The first-order valence-corrected chi connectivity index (χ1v) is 6.32. The van der Waals surface area contributed by atoms with Crippen LogP contribution in [0.5, 0.6) is 0 Å². The van der Waals surface area contributed by atoms with E-state index in [1.54, 1.807) is 11.8 Å². The van der Waals surface area contributed by atoms with E-state index >= 15 is 0 Å². The average molecular weight is 246 g/mol. The van der Waals surface area contributed by atoms with E-state index in [0.717, 1.165) is 24.1 Å². The van der Waals surface area contributed by atoms with E-state index in [1.165, 1.54) is 0 Å². The quantitative estimate of drug-likeness (QED) is 0.878. The van der Waals surface area contributed by atoms with Crippen molar-refractivity contribution in [3.05, 3.63) is 29.8 Å². The van der Waals surface area contributed by atoms with Gasteiger partial charge in [-0.3, -0.25) is 14.5 Å². The normalized spacial score (nSPS) is 19.9. The van der Waals surface area contributed by atoms with E-state index in [2.05, 4.69) is 12.2 Å². The van der Waals surface area contributed by atoms with Crippen LogP contribution in [0.1, 0.15) is 25.8 Å². The second kappa shape index (κ2) is 5.21. The summed E-state index contributed by atoms with van der Waals surface area (Å²) in [5.74, 6) is -0.147. The maximum Gasteiger partial charge on any atom is 0.247 e. The molecule has 2 amide bonds. The van der Waals surface area contributed by atoms with Crippen molar-refractivity contribution < 1.29 is 9.59 Å². The molecule has 1 unspecified atom stereocenters. The van der Waals surface area contributed by atoms with Gasteiger partial charge in [0.1, 0.15) is 6.04 Å². The number of rotatable bonds is 3. The Bertz CT molecular complexity index is 471. The van der Waals surface area contributed by atoms with Gasteiger partial charge in [0.05, 0.1) is 6.54 Å². The van der Waals surface area contributed by atoms with Crippen molar-refractivity contribution in [3.8, 4) is 0 Å². The van der Waals surface area contributed by atoms with Crippen LogP contribution < -0.4 is 10.2 Å². The topological polar surface area (TPSA) is 49.4 Å². The zero-order valence-corrected chi connectivity index (χ0v) is 10.8. The fraction of sp³-hybridized carbons (Fsp3) is 0.429. The molecule has 0 aliphatic carbocycles. The number of para-hydroxylation sites is 1. The molecule has 1 heterocycles. The Morgan fingerprint density at radius 2 is 2.06 bits per heavy atom. The molecule has 1 aromatic carbocycles. The number of amides is 2. The molecule has 0 aromatic heterocycles. The third-order valence-corrected chi connectivity index (χ3v) is 3.22. The van der Waals surface area contributed by atoms with Crippen LogP contribution in [0.25, 0.3) is 0 Å². The van der Waals surface area contributed by atoms with E-state index in [4.69, 9.17) is 0 Å². The molecule has 0 bridgehead atoms. The Labute approximate surface area is 107 Å². The first kappa shape index (κ1) is 12.6. The number of aryl methyl sites for hydroxylation is 1. The number of piperazine rings is 1. The molecule has 4 heteroatoms. The molecule has 96 valence electrons. The summed E-state index contributed by atoms with van der Waals surface area (Å²) in [6.45, 7) is 3.95.